The van der Waals surface area contributed by atoms with Crippen molar-refractivity contribution in [1.29, 1.82) is 5.26 Å². The van der Waals surface area contributed by atoms with E-state index in [9.17, 15) is 9.59 Å². The van der Waals surface area contributed by atoms with Gasteiger partial charge in [0.05, 0.1) is 11.6 Å². The summed E-state index contributed by atoms with van der Waals surface area (Å²) in [4.78, 5) is 22.8. The number of nitrogens with zero attached hydrogens (tertiary/aromatic N) is 1. The summed E-state index contributed by atoms with van der Waals surface area (Å²) in [6, 6.07) is 16.0. The number of ether oxygens (including phenoxy) is 1. The second kappa shape index (κ2) is 7.79. The Bertz CT molecular complexity index is 762. The van der Waals surface area contributed by atoms with Crippen LogP contribution < -0.4 is 15.4 Å². The molecule has 0 bridgehead atoms. The Morgan fingerprint density at radius 1 is 1.04 bits per heavy atom. The van der Waals surface area contributed by atoms with Gasteiger partial charge < -0.3 is 10.1 Å². The summed E-state index contributed by atoms with van der Waals surface area (Å²) in [6.45, 7) is 1.56. The maximum absolute atomic E-state index is 11.7. The first-order valence-corrected chi connectivity index (χ1v) is 7.33. The predicted octanol–water partition coefficient (Wildman–Crippen LogP) is 2.45. The maximum Gasteiger partial charge on any atom is 0.321 e. The van der Waals surface area contributed by atoms with Gasteiger partial charge in [0.15, 0.2) is 6.10 Å². The van der Waals surface area contributed by atoms with Gasteiger partial charge in [-0.1, -0.05) is 24.3 Å². The van der Waals surface area contributed by atoms with Crippen molar-refractivity contribution in [2.45, 2.75) is 13.0 Å². The highest BCUT2D eigenvalue weighted by Gasteiger charge is 2.16. The molecule has 0 fully saturated rings. The number of amides is 3. The van der Waals surface area contributed by atoms with E-state index in [1.165, 1.54) is 7.05 Å². The third-order valence-electron chi connectivity index (χ3n) is 3.35. The molecule has 0 radical (unpaired) electrons. The first kappa shape index (κ1) is 17.0. The van der Waals surface area contributed by atoms with Gasteiger partial charge in [-0.25, -0.2) is 4.79 Å². The topological polar surface area (TPSA) is 91.2 Å². The minimum Gasteiger partial charge on any atom is -0.481 e. The first-order chi connectivity index (χ1) is 11.5. The smallest absolute Gasteiger partial charge is 0.321 e. The van der Waals surface area contributed by atoms with Gasteiger partial charge in [0.2, 0.25) is 0 Å². The van der Waals surface area contributed by atoms with Gasteiger partial charge in [-0.2, -0.15) is 5.26 Å². The third kappa shape index (κ3) is 4.34. The fraction of sp³-hybridized carbons (Fsp3) is 0.167. The van der Waals surface area contributed by atoms with Crippen molar-refractivity contribution in [3.63, 3.8) is 0 Å². The lowest BCUT2D eigenvalue weighted by Gasteiger charge is -2.14. The molecule has 0 saturated heterocycles. The quantitative estimate of drug-likeness (QED) is 0.904. The molecule has 0 aliphatic carbocycles. The number of rotatable bonds is 4. The summed E-state index contributed by atoms with van der Waals surface area (Å²) < 4.78 is 5.51. The van der Waals surface area contributed by atoms with E-state index in [1.54, 1.807) is 31.2 Å². The normalized spacial score (nSPS) is 11.0. The van der Waals surface area contributed by atoms with Crippen molar-refractivity contribution in [3.05, 3.63) is 54.1 Å². The van der Waals surface area contributed by atoms with Gasteiger partial charge in [-0.15, -0.1) is 0 Å². The number of nitrogens with one attached hydrogen (secondary N) is 2. The SMILES string of the molecule is CNC(=O)NC(=O)[C@@H](C)Oc1ccc(-c2ccc(C#N)cc2)cc1. The summed E-state index contributed by atoms with van der Waals surface area (Å²) in [5.41, 5.74) is 2.55. The molecule has 0 spiro atoms. The van der Waals surface area contributed by atoms with Crippen LogP contribution in [0.25, 0.3) is 11.1 Å². The predicted molar refractivity (Wildman–Crippen MR) is 89.3 cm³/mol. The number of urea groups is 1. The van der Waals surface area contributed by atoms with Crippen LogP contribution in [0.1, 0.15) is 12.5 Å². The molecule has 0 unspecified atom stereocenters. The second-order valence-electron chi connectivity index (χ2n) is 5.04. The second-order valence-corrected chi connectivity index (χ2v) is 5.04. The zero-order valence-corrected chi connectivity index (χ0v) is 13.4. The summed E-state index contributed by atoms with van der Waals surface area (Å²) in [5.74, 6) is -0.00234. The summed E-state index contributed by atoms with van der Waals surface area (Å²) in [6.07, 6.45) is -0.803. The van der Waals surface area contributed by atoms with E-state index in [0.29, 0.717) is 11.3 Å². The van der Waals surface area contributed by atoms with Gasteiger partial charge in [0, 0.05) is 7.05 Å². The van der Waals surface area contributed by atoms with Crippen LogP contribution in [0.4, 0.5) is 4.79 Å². The molecule has 2 N–H and O–H groups in total. The van der Waals surface area contributed by atoms with E-state index < -0.39 is 18.0 Å². The summed E-state index contributed by atoms with van der Waals surface area (Å²) in [5, 5.41) is 13.3. The molecule has 2 aromatic rings. The Hall–Kier alpha value is -3.33. The Labute approximate surface area is 140 Å². The van der Waals surface area contributed by atoms with Crippen LogP contribution in [0.3, 0.4) is 0 Å². The fourth-order valence-corrected chi connectivity index (χ4v) is 2.00. The molecule has 0 aliphatic rings. The molecule has 122 valence electrons. The Morgan fingerprint density at radius 3 is 2.08 bits per heavy atom. The van der Waals surface area contributed by atoms with Crippen molar-refractivity contribution in [2.24, 2.45) is 0 Å². The van der Waals surface area contributed by atoms with Crippen molar-refractivity contribution in [3.8, 4) is 22.9 Å². The molecule has 0 saturated carbocycles. The van der Waals surface area contributed by atoms with Gasteiger partial charge in [0.1, 0.15) is 5.75 Å². The molecule has 6 nitrogen and oxygen atoms in total. The Kier molecular flexibility index (Phi) is 5.53. The van der Waals surface area contributed by atoms with Crippen molar-refractivity contribution >= 4 is 11.9 Å². The van der Waals surface area contributed by atoms with Crippen LogP contribution >= 0.6 is 0 Å². The largest absolute Gasteiger partial charge is 0.481 e. The van der Waals surface area contributed by atoms with Gasteiger partial charge in [-0.3, -0.25) is 10.1 Å². The van der Waals surface area contributed by atoms with E-state index in [2.05, 4.69) is 16.7 Å². The molecule has 1 atom stereocenters. The van der Waals surface area contributed by atoms with E-state index in [1.807, 2.05) is 24.3 Å². The summed E-state index contributed by atoms with van der Waals surface area (Å²) in [7, 11) is 1.43. The molecule has 24 heavy (non-hydrogen) atoms. The minimum absolute atomic E-state index is 0.520. The van der Waals surface area contributed by atoms with Crippen LogP contribution in [0.5, 0.6) is 5.75 Å². The zero-order valence-electron chi connectivity index (χ0n) is 13.4. The van der Waals surface area contributed by atoms with E-state index in [0.717, 1.165) is 11.1 Å². The van der Waals surface area contributed by atoms with Crippen LogP contribution in [-0.2, 0) is 4.79 Å². The average Bonchev–Trinajstić information content (AvgIpc) is 2.62. The van der Waals surface area contributed by atoms with Crippen LogP contribution in [-0.4, -0.2) is 25.1 Å². The van der Waals surface area contributed by atoms with Crippen LogP contribution in [0, 0.1) is 11.3 Å². The van der Waals surface area contributed by atoms with Crippen LogP contribution in [0.15, 0.2) is 48.5 Å². The third-order valence-corrected chi connectivity index (χ3v) is 3.35. The molecule has 3 amide bonds. The van der Waals surface area contributed by atoms with Gasteiger partial charge in [-0.05, 0) is 42.3 Å². The molecule has 0 aliphatic heterocycles. The number of hydrogen-bond donors (Lipinski definition) is 2. The van der Waals surface area contributed by atoms with Gasteiger partial charge in [0.25, 0.3) is 5.91 Å². The summed E-state index contributed by atoms with van der Waals surface area (Å²) >= 11 is 0. The average molecular weight is 323 g/mol. The van der Waals surface area contributed by atoms with Crippen molar-refractivity contribution in [1.82, 2.24) is 10.6 Å². The zero-order chi connectivity index (χ0) is 17.5. The highest BCUT2D eigenvalue weighted by atomic mass is 16.5. The Morgan fingerprint density at radius 2 is 1.58 bits per heavy atom. The lowest BCUT2D eigenvalue weighted by Crippen LogP contribution is -2.43. The number of benzene rings is 2. The molecule has 0 heterocycles. The minimum atomic E-state index is -0.803. The van der Waals surface area contributed by atoms with E-state index in [4.69, 9.17) is 10.00 Å². The number of nitriles is 1. The standard InChI is InChI=1S/C18H17N3O3/c1-12(17(22)21-18(23)20-2)24-16-9-7-15(8-10-16)14-5-3-13(11-19)4-6-14/h3-10,12H,1-2H3,(H2,20,21,22,23)/t12-/m1/s1. The monoisotopic (exact) mass is 323 g/mol. The van der Waals surface area contributed by atoms with E-state index in [-0.39, 0.29) is 0 Å². The molecule has 2 aromatic carbocycles. The fourth-order valence-electron chi connectivity index (χ4n) is 2.00. The molecular weight excluding hydrogens is 306 g/mol. The number of imide groups is 1. The Balaban J connectivity index is 2.02. The maximum atomic E-state index is 11.7. The highest BCUT2D eigenvalue weighted by Crippen LogP contribution is 2.23. The van der Waals surface area contributed by atoms with Gasteiger partial charge >= 0.3 is 6.03 Å². The number of hydrogen-bond acceptors (Lipinski definition) is 4. The number of carbonyl (C=O) groups excluding carboxylic acids is 2. The highest BCUT2D eigenvalue weighted by molar-refractivity contribution is 5.96. The lowest BCUT2D eigenvalue weighted by molar-refractivity contribution is -0.126. The molecule has 2 rings (SSSR count). The van der Waals surface area contributed by atoms with E-state index >= 15 is 0 Å². The number of carbonyl (C=O) groups is 2. The van der Waals surface area contributed by atoms with Crippen molar-refractivity contribution in [2.75, 3.05) is 7.05 Å². The molecular formula is C18H17N3O3. The van der Waals surface area contributed by atoms with Crippen LogP contribution in [0.2, 0.25) is 0 Å². The lowest BCUT2D eigenvalue weighted by atomic mass is 10.0. The molecule has 0 aromatic heterocycles. The van der Waals surface area contributed by atoms with Crippen molar-refractivity contribution < 1.29 is 14.3 Å². The first-order valence-electron chi connectivity index (χ1n) is 7.33. The molecule has 6 heteroatoms.